The summed E-state index contributed by atoms with van der Waals surface area (Å²) in [5.41, 5.74) is 0. The van der Waals surface area contributed by atoms with Crippen molar-refractivity contribution in [3.8, 4) is 0 Å². The molecule has 3 atom stereocenters. The molecule has 2 saturated heterocycles. The van der Waals surface area contributed by atoms with Gasteiger partial charge in [-0.2, -0.15) is 0 Å². The molecule has 0 bridgehead atoms. The van der Waals surface area contributed by atoms with Crippen LogP contribution in [0.2, 0.25) is 0 Å². The molecule has 2 fully saturated rings. The van der Waals surface area contributed by atoms with Gasteiger partial charge >= 0.3 is 0 Å². The van der Waals surface area contributed by atoms with Gasteiger partial charge in [0.15, 0.2) is 0 Å². The molecule has 0 radical (unpaired) electrons. The molecule has 0 spiro atoms. The topological polar surface area (TPSA) is 72.8 Å². The summed E-state index contributed by atoms with van der Waals surface area (Å²) in [6.45, 7) is 2.25. The fraction of sp³-hybridized carbons (Fsp3) is 0.900. The van der Waals surface area contributed by atoms with Gasteiger partial charge in [0.05, 0.1) is 18.1 Å². The molecule has 1 amide bonds. The van der Waals surface area contributed by atoms with Crippen molar-refractivity contribution in [1.29, 1.82) is 0 Å². The van der Waals surface area contributed by atoms with E-state index in [4.69, 9.17) is 0 Å². The molecular weight excluding hydrogens is 196 g/mol. The molecule has 0 aliphatic carbocycles. The third kappa shape index (κ3) is 2.30. The van der Waals surface area contributed by atoms with Crippen molar-refractivity contribution >= 4 is 5.91 Å². The molecule has 2 rings (SSSR count). The standard InChI is InChI=1S/C10H18N2O3/c13-8-5-12(6-9(8)14)10(15)7-2-1-3-11-4-7/h7-9,11,13-14H,1-6H2/t7-,8?,9?/m0/s1. The maximum atomic E-state index is 12.0. The molecule has 5 heteroatoms. The predicted molar refractivity (Wildman–Crippen MR) is 54.2 cm³/mol. The third-order valence-corrected chi connectivity index (χ3v) is 3.22. The van der Waals surface area contributed by atoms with E-state index in [0.29, 0.717) is 0 Å². The molecule has 86 valence electrons. The van der Waals surface area contributed by atoms with Crippen molar-refractivity contribution in [1.82, 2.24) is 10.2 Å². The maximum absolute atomic E-state index is 12.0. The van der Waals surface area contributed by atoms with Crippen molar-refractivity contribution in [2.75, 3.05) is 26.2 Å². The molecule has 0 aromatic rings. The molecule has 2 unspecified atom stereocenters. The summed E-state index contributed by atoms with van der Waals surface area (Å²) in [7, 11) is 0. The largest absolute Gasteiger partial charge is 0.388 e. The SMILES string of the molecule is O=C([C@H]1CCCNC1)N1CC(O)C(O)C1. The minimum Gasteiger partial charge on any atom is -0.388 e. The number of hydrogen-bond donors (Lipinski definition) is 3. The van der Waals surface area contributed by atoms with Crippen LogP contribution in [0.3, 0.4) is 0 Å². The fourth-order valence-corrected chi connectivity index (χ4v) is 2.27. The first-order valence-electron chi connectivity index (χ1n) is 5.54. The van der Waals surface area contributed by atoms with Gasteiger partial charge in [0, 0.05) is 19.6 Å². The average molecular weight is 214 g/mol. The van der Waals surface area contributed by atoms with Crippen LogP contribution in [0.25, 0.3) is 0 Å². The number of carbonyl (C=O) groups excluding carboxylic acids is 1. The van der Waals surface area contributed by atoms with Crippen LogP contribution < -0.4 is 5.32 Å². The molecule has 2 heterocycles. The van der Waals surface area contributed by atoms with Gasteiger partial charge in [-0.25, -0.2) is 0 Å². The van der Waals surface area contributed by atoms with Crippen LogP contribution in [0, 0.1) is 5.92 Å². The highest BCUT2D eigenvalue weighted by atomic mass is 16.3. The summed E-state index contributed by atoms with van der Waals surface area (Å²) < 4.78 is 0. The second-order valence-corrected chi connectivity index (χ2v) is 4.42. The zero-order valence-corrected chi connectivity index (χ0v) is 8.72. The molecule has 0 saturated carbocycles. The molecule has 15 heavy (non-hydrogen) atoms. The lowest BCUT2D eigenvalue weighted by Crippen LogP contribution is -2.42. The van der Waals surface area contributed by atoms with Crippen LogP contribution in [0.1, 0.15) is 12.8 Å². The van der Waals surface area contributed by atoms with E-state index in [0.717, 1.165) is 25.9 Å². The summed E-state index contributed by atoms with van der Waals surface area (Å²) in [5.74, 6) is 0.0917. The molecule has 5 nitrogen and oxygen atoms in total. The summed E-state index contributed by atoms with van der Waals surface area (Å²) >= 11 is 0. The van der Waals surface area contributed by atoms with Gasteiger partial charge in [-0.15, -0.1) is 0 Å². The van der Waals surface area contributed by atoms with Crippen LogP contribution in [0.5, 0.6) is 0 Å². The Balaban J connectivity index is 1.90. The number of rotatable bonds is 1. The quantitative estimate of drug-likeness (QED) is 0.499. The Bertz CT molecular complexity index is 231. The van der Waals surface area contributed by atoms with Gasteiger partial charge in [0.1, 0.15) is 0 Å². The van der Waals surface area contributed by atoms with E-state index in [-0.39, 0.29) is 24.9 Å². The summed E-state index contributed by atoms with van der Waals surface area (Å²) in [5, 5.41) is 21.9. The van der Waals surface area contributed by atoms with Crippen molar-refractivity contribution in [3.63, 3.8) is 0 Å². The molecule has 2 aliphatic heterocycles. The minimum absolute atomic E-state index is 0.0243. The van der Waals surface area contributed by atoms with Gasteiger partial charge in [0.25, 0.3) is 0 Å². The Hall–Kier alpha value is -0.650. The Morgan fingerprint density at radius 2 is 1.93 bits per heavy atom. The van der Waals surface area contributed by atoms with Crippen molar-refractivity contribution < 1.29 is 15.0 Å². The number of likely N-dealkylation sites (tertiary alicyclic amines) is 1. The Morgan fingerprint density at radius 3 is 2.47 bits per heavy atom. The lowest BCUT2D eigenvalue weighted by molar-refractivity contribution is -0.135. The number of aliphatic hydroxyl groups excluding tert-OH is 2. The van der Waals surface area contributed by atoms with E-state index >= 15 is 0 Å². The number of amides is 1. The van der Waals surface area contributed by atoms with E-state index in [2.05, 4.69) is 5.32 Å². The molecular formula is C10H18N2O3. The average Bonchev–Trinajstić information content (AvgIpc) is 2.59. The van der Waals surface area contributed by atoms with Crippen molar-refractivity contribution in [2.24, 2.45) is 5.92 Å². The van der Waals surface area contributed by atoms with Crippen LogP contribution in [0.4, 0.5) is 0 Å². The smallest absolute Gasteiger partial charge is 0.227 e. The highest BCUT2D eigenvalue weighted by Gasteiger charge is 2.35. The van der Waals surface area contributed by atoms with E-state index in [9.17, 15) is 15.0 Å². The summed E-state index contributed by atoms with van der Waals surface area (Å²) in [6, 6.07) is 0. The maximum Gasteiger partial charge on any atom is 0.227 e. The number of carbonyl (C=O) groups is 1. The lowest BCUT2D eigenvalue weighted by atomic mass is 9.98. The van der Waals surface area contributed by atoms with Gasteiger partial charge in [-0.3, -0.25) is 4.79 Å². The van der Waals surface area contributed by atoms with Crippen molar-refractivity contribution in [3.05, 3.63) is 0 Å². The van der Waals surface area contributed by atoms with E-state index in [1.165, 1.54) is 0 Å². The second-order valence-electron chi connectivity index (χ2n) is 4.42. The summed E-state index contributed by atoms with van der Waals surface area (Å²) in [6.07, 6.45) is 0.389. The summed E-state index contributed by atoms with van der Waals surface area (Å²) in [4.78, 5) is 13.5. The number of nitrogens with one attached hydrogen (secondary N) is 1. The Kier molecular flexibility index (Phi) is 3.23. The van der Waals surface area contributed by atoms with E-state index in [1.54, 1.807) is 4.90 Å². The molecule has 0 aromatic heterocycles. The zero-order chi connectivity index (χ0) is 10.8. The van der Waals surface area contributed by atoms with Gasteiger partial charge in [-0.05, 0) is 19.4 Å². The first-order chi connectivity index (χ1) is 7.18. The van der Waals surface area contributed by atoms with Crippen LogP contribution >= 0.6 is 0 Å². The fourth-order valence-electron chi connectivity index (χ4n) is 2.27. The van der Waals surface area contributed by atoms with E-state index in [1.807, 2.05) is 0 Å². The minimum atomic E-state index is -0.773. The molecule has 3 N–H and O–H groups in total. The zero-order valence-electron chi connectivity index (χ0n) is 8.72. The van der Waals surface area contributed by atoms with Gasteiger partial charge < -0.3 is 20.4 Å². The lowest BCUT2D eigenvalue weighted by Gasteiger charge is -2.26. The van der Waals surface area contributed by atoms with Crippen LogP contribution in [-0.4, -0.2) is 59.4 Å². The van der Waals surface area contributed by atoms with Crippen molar-refractivity contribution in [2.45, 2.75) is 25.0 Å². The first-order valence-corrected chi connectivity index (χ1v) is 5.54. The van der Waals surface area contributed by atoms with Gasteiger partial charge in [-0.1, -0.05) is 0 Å². The van der Waals surface area contributed by atoms with E-state index < -0.39 is 12.2 Å². The van der Waals surface area contributed by atoms with Crippen LogP contribution in [-0.2, 0) is 4.79 Å². The number of hydrogen-bond acceptors (Lipinski definition) is 4. The normalized spacial score (nSPS) is 36.9. The Labute approximate surface area is 89.1 Å². The number of piperidine rings is 1. The van der Waals surface area contributed by atoms with Gasteiger partial charge in [0.2, 0.25) is 5.91 Å². The Morgan fingerprint density at radius 1 is 1.27 bits per heavy atom. The molecule has 0 aromatic carbocycles. The van der Waals surface area contributed by atoms with Crippen LogP contribution in [0.15, 0.2) is 0 Å². The second kappa shape index (κ2) is 4.47. The number of aliphatic hydroxyl groups is 2. The highest BCUT2D eigenvalue weighted by molar-refractivity contribution is 5.79. The molecule has 2 aliphatic rings. The first kappa shape index (κ1) is 10.9. The predicted octanol–water partition coefficient (Wildman–Crippen LogP) is -1.45. The number of nitrogens with zero attached hydrogens (tertiary/aromatic N) is 1. The highest BCUT2D eigenvalue weighted by Crippen LogP contribution is 2.18. The third-order valence-electron chi connectivity index (χ3n) is 3.22. The number of β-amino-alcohol motifs (C(OH)–C–C–N with tert-alkyl or cyclic N) is 2. The monoisotopic (exact) mass is 214 g/mol.